The van der Waals surface area contributed by atoms with Crippen molar-refractivity contribution in [2.75, 3.05) is 7.11 Å². The Morgan fingerprint density at radius 1 is 1.12 bits per heavy atom. The van der Waals surface area contributed by atoms with Gasteiger partial charge in [0, 0.05) is 23.1 Å². The Morgan fingerprint density at radius 3 is 2.56 bits per heavy atom. The third kappa shape index (κ3) is 3.55. The minimum atomic E-state index is -0.898. The number of methoxy groups -OCH3 is 1. The molecule has 0 aliphatic heterocycles. The van der Waals surface area contributed by atoms with Gasteiger partial charge >= 0.3 is 11.6 Å². The molecule has 1 heterocycles. The molecule has 0 radical (unpaired) electrons. The molecule has 0 aliphatic carbocycles. The highest BCUT2D eigenvalue weighted by molar-refractivity contribution is 5.82. The van der Waals surface area contributed by atoms with E-state index in [4.69, 9.17) is 13.9 Å². The van der Waals surface area contributed by atoms with Crippen molar-refractivity contribution in [3.05, 3.63) is 76.1 Å². The SMILES string of the molecule is CCc1cc(=O)oc2cc(OC(C(=O)OC)c3ccccc3)ccc12. The van der Waals surface area contributed by atoms with E-state index in [0.717, 1.165) is 17.4 Å². The van der Waals surface area contributed by atoms with Gasteiger partial charge in [-0.25, -0.2) is 9.59 Å². The maximum Gasteiger partial charge on any atom is 0.351 e. The molecule has 0 fully saturated rings. The van der Waals surface area contributed by atoms with Crippen LogP contribution in [0.4, 0.5) is 0 Å². The van der Waals surface area contributed by atoms with E-state index in [0.29, 0.717) is 16.9 Å². The zero-order chi connectivity index (χ0) is 17.8. The first-order valence-electron chi connectivity index (χ1n) is 7.98. The van der Waals surface area contributed by atoms with Crippen LogP contribution >= 0.6 is 0 Å². The van der Waals surface area contributed by atoms with Crippen LogP contribution in [0.1, 0.15) is 24.2 Å². The maximum atomic E-state index is 12.1. The zero-order valence-corrected chi connectivity index (χ0v) is 14.0. The van der Waals surface area contributed by atoms with Crippen molar-refractivity contribution in [1.82, 2.24) is 0 Å². The molecule has 3 rings (SSSR count). The molecular formula is C20H18O5. The number of rotatable bonds is 5. The summed E-state index contributed by atoms with van der Waals surface area (Å²) in [4.78, 5) is 23.8. The molecule has 0 N–H and O–H groups in total. The third-order valence-corrected chi connectivity index (χ3v) is 3.95. The number of esters is 1. The Hall–Kier alpha value is -3.08. The molecule has 128 valence electrons. The molecule has 3 aromatic rings. The molecule has 5 heteroatoms. The fourth-order valence-corrected chi connectivity index (χ4v) is 2.70. The van der Waals surface area contributed by atoms with E-state index in [1.165, 1.54) is 13.2 Å². The Kier molecular flexibility index (Phi) is 4.84. The first-order chi connectivity index (χ1) is 12.1. The molecule has 1 aromatic heterocycles. The molecule has 2 aromatic carbocycles. The molecule has 5 nitrogen and oxygen atoms in total. The second kappa shape index (κ2) is 7.21. The molecule has 0 amide bonds. The Morgan fingerprint density at radius 2 is 1.88 bits per heavy atom. The number of benzene rings is 2. The van der Waals surface area contributed by atoms with E-state index in [-0.39, 0.29) is 0 Å². The average molecular weight is 338 g/mol. The Labute approximate surface area is 144 Å². The first kappa shape index (κ1) is 16.8. The van der Waals surface area contributed by atoms with Crippen molar-refractivity contribution < 1.29 is 18.7 Å². The maximum absolute atomic E-state index is 12.1. The highest BCUT2D eigenvalue weighted by Crippen LogP contribution is 2.27. The normalized spacial score (nSPS) is 11.9. The van der Waals surface area contributed by atoms with Gasteiger partial charge in [-0.3, -0.25) is 0 Å². The number of fused-ring (bicyclic) bond motifs is 1. The van der Waals surface area contributed by atoms with E-state index in [2.05, 4.69) is 0 Å². The van der Waals surface area contributed by atoms with Gasteiger partial charge in [0.25, 0.3) is 0 Å². The second-order valence-electron chi connectivity index (χ2n) is 5.53. The van der Waals surface area contributed by atoms with Crippen LogP contribution in [0.2, 0.25) is 0 Å². The van der Waals surface area contributed by atoms with Crippen LogP contribution in [-0.2, 0) is 16.0 Å². The van der Waals surface area contributed by atoms with E-state index >= 15 is 0 Å². The standard InChI is InChI=1S/C20H18O5/c1-3-13-11-18(21)25-17-12-15(9-10-16(13)17)24-19(20(22)23-2)14-7-5-4-6-8-14/h4-12,19H,3H2,1-2H3. The summed E-state index contributed by atoms with van der Waals surface area (Å²) in [5.41, 5.74) is 1.61. The van der Waals surface area contributed by atoms with Crippen LogP contribution in [-0.4, -0.2) is 13.1 Å². The average Bonchev–Trinajstić information content (AvgIpc) is 2.65. The molecule has 0 aliphatic rings. The van der Waals surface area contributed by atoms with Gasteiger partial charge in [-0.1, -0.05) is 37.3 Å². The van der Waals surface area contributed by atoms with Gasteiger partial charge in [0.2, 0.25) is 6.10 Å². The lowest BCUT2D eigenvalue weighted by atomic mass is 10.1. The zero-order valence-electron chi connectivity index (χ0n) is 14.0. The number of carbonyl (C=O) groups excluding carboxylic acids is 1. The smallest absolute Gasteiger partial charge is 0.351 e. The number of carbonyl (C=O) groups is 1. The van der Waals surface area contributed by atoms with Crippen molar-refractivity contribution in [2.24, 2.45) is 0 Å². The largest absolute Gasteiger partial charge is 0.474 e. The molecule has 0 spiro atoms. The summed E-state index contributed by atoms with van der Waals surface area (Å²) in [5.74, 6) is -0.0850. The molecule has 1 unspecified atom stereocenters. The minimum absolute atomic E-state index is 0.408. The highest BCUT2D eigenvalue weighted by atomic mass is 16.6. The molecular weight excluding hydrogens is 320 g/mol. The molecule has 0 bridgehead atoms. The van der Waals surface area contributed by atoms with Crippen molar-refractivity contribution in [1.29, 1.82) is 0 Å². The van der Waals surface area contributed by atoms with E-state index in [1.54, 1.807) is 24.3 Å². The van der Waals surface area contributed by atoms with Crippen LogP contribution in [0.25, 0.3) is 11.0 Å². The van der Waals surface area contributed by atoms with Crippen molar-refractivity contribution in [3.8, 4) is 5.75 Å². The fourth-order valence-electron chi connectivity index (χ4n) is 2.70. The quantitative estimate of drug-likeness (QED) is 0.525. The van der Waals surface area contributed by atoms with Gasteiger partial charge in [-0.05, 0) is 24.1 Å². The predicted molar refractivity (Wildman–Crippen MR) is 93.7 cm³/mol. The minimum Gasteiger partial charge on any atom is -0.474 e. The van der Waals surface area contributed by atoms with Crippen LogP contribution in [0.3, 0.4) is 0 Å². The van der Waals surface area contributed by atoms with Gasteiger partial charge in [-0.15, -0.1) is 0 Å². The van der Waals surface area contributed by atoms with E-state index in [1.807, 2.05) is 31.2 Å². The van der Waals surface area contributed by atoms with E-state index < -0.39 is 17.7 Å². The summed E-state index contributed by atoms with van der Waals surface area (Å²) in [6.07, 6.45) is -0.179. The molecule has 25 heavy (non-hydrogen) atoms. The number of aryl methyl sites for hydroxylation is 1. The number of hydrogen-bond donors (Lipinski definition) is 0. The number of hydrogen-bond acceptors (Lipinski definition) is 5. The van der Waals surface area contributed by atoms with Crippen molar-refractivity contribution >= 4 is 16.9 Å². The van der Waals surface area contributed by atoms with Crippen LogP contribution in [0.5, 0.6) is 5.75 Å². The summed E-state index contributed by atoms with van der Waals surface area (Å²) in [7, 11) is 1.31. The summed E-state index contributed by atoms with van der Waals surface area (Å²) >= 11 is 0. The van der Waals surface area contributed by atoms with Crippen LogP contribution < -0.4 is 10.4 Å². The summed E-state index contributed by atoms with van der Waals surface area (Å²) in [6, 6.07) is 15.8. The van der Waals surface area contributed by atoms with Gasteiger partial charge in [0.15, 0.2) is 0 Å². The summed E-state index contributed by atoms with van der Waals surface area (Å²) in [5, 5.41) is 0.851. The lowest BCUT2D eigenvalue weighted by molar-refractivity contribution is -0.149. The highest BCUT2D eigenvalue weighted by Gasteiger charge is 2.23. The van der Waals surface area contributed by atoms with Crippen LogP contribution in [0, 0.1) is 0 Å². The second-order valence-corrected chi connectivity index (χ2v) is 5.53. The Balaban J connectivity index is 2.00. The third-order valence-electron chi connectivity index (χ3n) is 3.95. The van der Waals surface area contributed by atoms with Gasteiger partial charge < -0.3 is 13.9 Å². The predicted octanol–water partition coefficient (Wildman–Crippen LogP) is 3.65. The van der Waals surface area contributed by atoms with Gasteiger partial charge in [0.1, 0.15) is 11.3 Å². The van der Waals surface area contributed by atoms with E-state index in [9.17, 15) is 9.59 Å². The number of ether oxygens (including phenoxy) is 2. The van der Waals surface area contributed by atoms with Crippen molar-refractivity contribution in [2.45, 2.75) is 19.4 Å². The lowest BCUT2D eigenvalue weighted by Gasteiger charge is -2.17. The summed E-state index contributed by atoms with van der Waals surface area (Å²) < 4.78 is 15.9. The Bertz CT molecular complexity index is 943. The molecule has 1 atom stereocenters. The first-order valence-corrected chi connectivity index (χ1v) is 7.98. The fraction of sp³-hybridized carbons (Fsp3) is 0.200. The molecule has 0 saturated carbocycles. The lowest BCUT2D eigenvalue weighted by Crippen LogP contribution is -2.20. The topological polar surface area (TPSA) is 65.7 Å². The van der Waals surface area contributed by atoms with Crippen LogP contribution in [0.15, 0.2) is 63.8 Å². The molecule has 0 saturated heterocycles. The summed E-state index contributed by atoms with van der Waals surface area (Å²) in [6.45, 7) is 1.97. The van der Waals surface area contributed by atoms with Crippen molar-refractivity contribution in [3.63, 3.8) is 0 Å². The van der Waals surface area contributed by atoms with Gasteiger partial charge in [-0.2, -0.15) is 0 Å². The van der Waals surface area contributed by atoms with Gasteiger partial charge in [0.05, 0.1) is 7.11 Å². The monoisotopic (exact) mass is 338 g/mol.